The van der Waals surface area contributed by atoms with Crippen LogP contribution in [0.3, 0.4) is 0 Å². The number of hydrogen-bond donors (Lipinski definition) is 1. The third-order valence-electron chi connectivity index (χ3n) is 6.46. The molecule has 3 atom stereocenters. The molecule has 1 aliphatic heterocycles. The van der Waals surface area contributed by atoms with E-state index in [1.54, 1.807) is 60.7 Å². The van der Waals surface area contributed by atoms with Crippen molar-refractivity contribution in [3.05, 3.63) is 116 Å². The molecule has 2 aromatic heterocycles. The molecule has 0 saturated carbocycles. The molecule has 5 rings (SSSR count). The number of nitrogens with zero attached hydrogens (tertiary/aromatic N) is 1. The number of furan rings is 1. The van der Waals surface area contributed by atoms with E-state index in [2.05, 4.69) is 4.98 Å². The van der Waals surface area contributed by atoms with E-state index in [1.165, 1.54) is 17.0 Å². The predicted molar refractivity (Wildman–Crippen MR) is 139 cm³/mol. The number of carbonyl (C=O) groups is 2. The molecule has 10 nitrogen and oxygen atoms in total. The molecule has 1 fully saturated rings. The average molecular weight is 531 g/mol. The van der Waals surface area contributed by atoms with Gasteiger partial charge in [-0.05, 0) is 50.2 Å². The van der Waals surface area contributed by atoms with Crippen LogP contribution in [-0.4, -0.2) is 40.3 Å². The van der Waals surface area contributed by atoms with Crippen LogP contribution in [0.5, 0.6) is 0 Å². The van der Waals surface area contributed by atoms with Gasteiger partial charge in [-0.25, -0.2) is 14.4 Å². The number of hydrogen-bond acceptors (Lipinski definition) is 8. The lowest BCUT2D eigenvalue weighted by atomic mass is 10.1. The van der Waals surface area contributed by atoms with Gasteiger partial charge in [-0.2, -0.15) is 0 Å². The summed E-state index contributed by atoms with van der Waals surface area (Å²) in [5.74, 6) is -0.870. The van der Waals surface area contributed by atoms with Crippen molar-refractivity contribution in [2.45, 2.75) is 38.7 Å². The van der Waals surface area contributed by atoms with Crippen LogP contribution in [0.15, 0.2) is 87.1 Å². The van der Waals surface area contributed by atoms with Crippen LogP contribution in [0, 0.1) is 13.8 Å². The quantitative estimate of drug-likeness (QED) is 0.357. The number of H-pyrrole nitrogens is 1. The van der Waals surface area contributed by atoms with Crippen molar-refractivity contribution in [2.24, 2.45) is 0 Å². The van der Waals surface area contributed by atoms with Crippen LogP contribution in [0.2, 0.25) is 0 Å². The van der Waals surface area contributed by atoms with E-state index < -0.39 is 41.6 Å². The number of aromatic nitrogens is 2. The second-order valence-corrected chi connectivity index (χ2v) is 9.33. The third-order valence-corrected chi connectivity index (χ3v) is 6.46. The number of benzene rings is 2. The highest BCUT2D eigenvalue weighted by atomic mass is 16.6. The second kappa shape index (κ2) is 11.0. The smallest absolute Gasteiger partial charge is 0.338 e. The van der Waals surface area contributed by atoms with Crippen LogP contribution in [0.1, 0.15) is 44.5 Å². The molecule has 0 bridgehead atoms. The molecule has 0 unspecified atom stereocenters. The second-order valence-electron chi connectivity index (χ2n) is 9.33. The van der Waals surface area contributed by atoms with E-state index >= 15 is 0 Å². The van der Waals surface area contributed by atoms with Gasteiger partial charge in [0.1, 0.15) is 30.8 Å². The molecular formula is C29H26N2O8. The minimum Gasteiger partial charge on any atom is -0.464 e. The Hall–Kier alpha value is -4.70. The van der Waals surface area contributed by atoms with Gasteiger partial charge in [0.2, 0.25) is 0 Å². The molecule has 1 saturated heterocycles. The molecule has 0 amide bonds. The number of carbonyl (C=O) groups excluding carboxylic acids is 2. The van der Waals surface area contributed by atoms with E-state index in [-0.39, 0.29) is 24.4 Å². The van der Waals surface area contributed by atoms with Gasteiger partial charge in [0, 0.05) is 12.6 Å². The standard InChI is InChI=1S/C29H26N2O8/c1-17-5-9-19(10-6-17)27(33)37-16-24-23(39-28(34)20-11-7-18(2)8-12-20)14-25(38-24)31-15-21(22-4-3-13-36-22)26(32)30-29(31)35/h3-13,15,23-25H,14,16H2,1-2H3,(H,30,32,35)/t23-,24+,25+/m1/s1. The molecule has 3 heterocycles. The van der Waals surface area contributed by atoms with Gasteiger partial charge >= 0.3 is 17.6 Å². The normalized spacial score (nSPS) is 18.6. The van der Waals surface area contributed by atoms with Gasteiger partial charge in [-0.1, -0.05) is 35.4 Å². The van der Waals surface area contributed by atoms with Crippen LogP contribution < -0.4 is 11.2 Å². The Morgan fingerprint density at radius 1 is 0.949 bits per heavy atom. The van der Waals surface area contributed by atoms with E-state index in [0.29, 0.717) is 11.1 Å². The fraction of sp³-hybridized carbons (Fsp3) is 0.241. The number of aryl methyl sites for hydroxylation is 2. The van der Waals surface area contributed by atoms with Gasteiger partial charge in [0.15, 0.2) is 0 Å². The van der Waals surface area contributed by atoms with Crippen molar-refractivity contribution in [1.29, 1.82) is 0 Å². The summed E-state index contributed by atoms with van der Waals surface area (Å²) in [7, 11) is 0. The van der Waals surface area contributed by atoms with Crippen molar-refractivity contribution in [1.82, 2.24) is 9.55 Å². The first-order valence-electron chi connectivity index (χ1n) is 12.3. The number of aromatic amines is 1. The third kappa shape index (κ3) is 5.75. The average Bonchev–Trinajstić information content (AvgIpc) is 3.59. The fourth-order valence-corrected chi connectivity index (χ4v) is 4.28. The molecule has 0 aliphatic carbocycles. The Morgan fingerprint density at radius 3 is 2.21 bits per heavy atom. The number of nitrogens with one attached hydrogen (secondary N) is 1. The minimum absolute atomic E-state index is 0.0773. The molecule has 1 aliphatic rings. The SMILES string of the molecule is Cc1ccc(C(=O)OC[C@@H]2O[C@H](n3cc(-c4ccco4)c(=O)[nH]c3=O)C[C@H]2OC(=O)c2ccc(C)cc2)cc1. The van der Waals surface area contributed by atoms with Gasteiger partial charge in [-0.15, -0.1) is 0 Å². The summed E-state index contributed by atoms with van der Waals surface area (Å²) in [6.07, 6.45) is 0.195. The molecule has 10 heteroatoms. The van der Waals surface area contributed by atoms with E-state index in [0.717, 1.165) is 11.1 Å². The summed E-state index contributed by atoms with van der Waals surface area (Å²) in [6.45, 7) is 3.59. The van der Waals surface area contributed by atoms with Gasteiger partial charge in [0.25, 0.3) is 5.56 Å². The van der Waals surface area contributed by atoms with Crippen LogP contribution >= 0.6 is 0 Å². The molecule has 1 N–H and O–H groups in total. The summed E-state index contributed by atoms with van der Waals surface area (Å²) >= 11 is 0. The summed E-state index contributed by atoms with van der Waals surface area (Å²) in [5, 5.41) is 0. The Morgan fingerprint density at radius 2 is 1.59 bits per heavy atom. The van der Waals surface area contributed by atoms with Crippen molar-refractivity contribution in [2.75, 3.05) is 6.61 Å². The number of esters is 2. The molecule has 2 aromatic carbocycles. The van der Waals surface area contributed by atoms with Gasteiger partial charge in [0.05, 0.1) is 23.0 Å². The molecule has 39 heavy (non-hydrogen) atoms. The van der Waals surface area contributed by atoms with Crippen molar-refractivity contribution >= 4 is 11.9 Å². The minimum atomic E-state index is -0.915. The Labute approximate surface area is 222 Å². The zero-order valence-electron chi connectivity index (χ0n) is 21.3. The highest BCUT2D eigenvalue weighted by molar-refractivity contribution is 5.90. The fourth-order valence-electron chi connectivity index (χ4n) is 4.28. The summed E-state index contributed by atoms with van der Waals surface area (Å²) in [5.41, 5.74) is 1.50. The van der Waals surface area contributed by atoms with E-state index in [1.807, 2.05) is 13.8 Å². The first kappa shape index (κ1) is 25.9. The Bertz CT molecular complexity index is 1580. The molecular weight excluding hydrogens is 504 g/mol. The van der Waals surface area contributed by atoms with Crippen molar-refractivity contribution < 1.29 is 28.2 Å². The zero-order valence-corrected chi connectivity index (χ0v) is 21.3. The highest BCUT2D eigenvalue weighted by Gasteiger charge is 2.40. The van der Waals surface area contributed by atoms with Gasteiger partial charge in [-0.3, -0.25) is 14.3 Å². The van der Waals surface area contributed by atoms with Crippen LogP contribution in [0.4, 0.5) is 0 Å². The molecule has 0 radical (unpaired) electrons. The largest absolute Gasteiger partial charge is 0.464 e. The van der Waals surface area contributed by atoms with E-state index in [9.17, 15) is 19.2 Å². The molecule has 0 spiro atoms. The monoisotopic (exact) mass is 530 g/mol. The highest BCUT2D eigenvalue weighted by Crippen LogP contribution is 2.31. The summed E-state index contributed by atoms with van der Waals surface area (Å²) in [6, 6.07) is 17.0. The maximum absolute atomic E-state index is 12.9. The van der Waals surface area contributed by atoms with Crippen molar-refractivity contribution in [3.63, 3.8) is 0 Å². The van der Waals surface area contributed by atoms with Crippen LogP contribution in [-0.2, 0) is 14.2 Å². The van der Waals surface area contributed by atoms with E-state index in [4.69, 9.17) is 18.6 Å². The maximum atomic E-state index is 12.9. The van der Waals surface area contributed by atoms with Gasteiger partial charge < -0.3 is 18.6 Å². The summed E-state index contributed by atoms with van der Waals surface area (Å²) < 4.78 is 23.8. The number of ether oxygens (including phenoxy) is 3. The topological polar surface area (TPSA) is 130 Å². The predicted octanol–water partition coefficient (Wildman–Crippen LogP) is 3.78. The number of rotatable bonds is 7. The Kier molecular flexibility index (Phi) is 7.29. The lowest BCUT2D eigenvalue weighted by molar-refractivity contribution is -0.0582. The summed E-state index contributed by atoms with van der Waals surface area (Å²) in [4.78, 5) is 52.9. The first-order valence-corrected chi connectivity index (χ1v) is 12.3. The zero-order chi connectivity index (χ0) is 27.5. The lowest BCUT2D eigenvalue weighted by Crippen LogP contribution is -2.33. The van der Waals surface area contributed by atoms with Crippen LogP contribution in [0.25, 0.3) is 11.3 Å². The first-order chi connectivity index (χ1) is 18.8. The molecule has 4 aromatic rings. The molecule has 200 valence electrons. The maximum Gasteiger partial charge on any atom is 0.338 e. The Balaban J connectivity index is 1.39. The lowest BCUT2D eigenvalue weighted by Gasteiger charge is -2.19. The van der Waals surface area contributed by atoms with Crippen molar-refractivity contribution in [3.8, 4) is 11.3 Å².